The van der Waals surface area contributed by atoms with Crippen LogP contribution >= 0.6 is 0 Å². The largest absolute Gasteiger partial charge is 0.459 e. The fraction of sp³-hybridized carbons (Fsp3) is 0.182. The van der Waals surface area contributed by atoms with Crippen LogP contribution in [0.2, 0.25) is 0 Å². The number of hydrogen-bond donors (Lipinski definition) is 0. The highest BCUT2D eigenvalue weighted by Gasteiger charge is 1.98. The molecule has 1 aromatic rings. The quantitative estimate of drug-likeness (QED) is 0.300. The molecule has 0 radical (unpaired) electrons. The summed E-state index contributed by atoms with van der Waals surface area (Å²) in [5.74, 6) is 1.38. The molecule has 74 valence electrons. The molecule has 0 saturated heterocycles. The van der Waals surface area contributed by atoms with Gasteiger partial charge in [0.15, 0.2) is 0 Å². The maximum atomic E-state index is 10.0. The lowest BCUT2D eigenvalue weighted by Gasteiger charge is -1.95. The van der Waals surface area contributed by atoms with Crippen LogP contribution in [0.25, 0.3) is 6.08 Å². The highest BCUT2D eigenvalue weighted by molar-refractivity contribution is 5.72. The van der Waals surface area contributed by atoms with Crippen LogP contribution in [-0.4, -0.2) is 12.9 Å². The molecular formula is C11H12O3. The van der Waals surface area contributed by atoms with Crippen LogP contribution < -0.4 is 0 Å². The average molecular weight is 192 g/mol. The summed E-state index contributed by atoms with van der Waals surface area (Å²) in [5.41, 5.74) is 0. The average Bonchev–Trinajstić information content (AvgIpc) is 2.63. The van der Waals surface area contributed by atoms with Gasteiger partial charge in [-0.25, -0.2) is 0 Å². The molecule has 0 aliphatic rings. The fourth-order valence-electron chi connectivity index (χ4n) is 0.939. The Morgan fingerprint density at radius 2 is 2.36 bits per heavy atom. The number of carbonyl (C=O) groups excluding carboxylic acids is 1. The predicted molar refractivity (Wildman–Crippen MR) is 53.7 cm³/mol. The lowest BCUT2D eigenvalue weighted by molar-refractivity contribution is -0.104. The first-order valence-electron chi connectivity index (χ1n) is 4.26. The lowest BCUT2D eigenvalue weighted by Crippen LogP contribution is -1.89. The van der Waals surface area contributed by atoms with Gasteiger partial charge in [-0.1, -0.05) is 6.08 Å². The normalized spacial score (nSPS) is 10.6. The summed E-state index contributed by atoms with van der Waals surface area (Å²) < 4.78 is 10.5. The van der Waals surface area contributed by atoms with E-state index in [1.165, 1.54) is 6.08 Å². The van der Waals surface area contributed by atoms with E-state index in [0.717, 1.165) is 5.76 Å². The third kappa shape index (κ3) is 3.41. The first-order valence-corrected chi connectivity index (χ1v) is 4.26. The van der Waals surface area contributed by atoms with Gasteiger partial charge < -0.3 is 9.15 Å². The molecule has 0 aromatic carbocycles. The molecule has 0 bridgehead atoms. The van der Waals surface area contributed by atoms with E-state index in [2.05, 4.69) is 6.58 Å². The minimum atomic E-state index is 0.418. The Hall–Kier alpha value is -1.61. The van der Waals surface area contributed by atoms with Gasteiger partial charge in [0.25, 0.3) is 0 Å². The van der Waals surface area contributed by atoms with Crippen molar-refractivity contribution in [2.45, 2.75) is 6.61 Å². The summed E-state index contributed by atoms with van der Waals surface area (Å²) in [5, 5.41) is 0. The molecule has 0 N–H and O–H groups in total. The Labute approximate surface area is 82.7 Å². The van der Waals surface area contributed by atoms with Crippen LogP contribution in [0.1, 0.15) is 11.5 Å². The molecule has 3 nitrogen and oxygen atoms in total. The highest BCUT2D eigenvalue weighted by atomic mass is 16.5. The number of furan rings is 1. The maximum absolute atomic E-state index is 10.0. The summed E-state index contributed by atoms with van der Waals surface area (Å²) in [6, 6.07) is 3.60. The van der Waals surface area contributed by atoms with Gasteiger partial charge in [0.1, 0.15) is 24.4 Å². The van der Waals surface area contributed by atoms with Gasteiger partial charge in [-0.05, 0) is 24.3 Å². The van der Waals surface area contributed by atoms with Crippen LogP contribution in [-0.2, 0) is 16.1 Å². The minimum absolute atomic E-state index is 0.418. The van der Waals surface area contributed by atoms with Crippen molar-refractivity contribution in [2.75, 3.05) is 6.61 Å². The molecule has 1 heterocycles. The predicted octanol–water partition coefficient (Wildman–Crippen LogP) is 2.19. The Balaban J connectivity index is 2.46. The number of rotatable bonds is 6. The molecule has 0 amide bonds. The van der Waals surface area contributed by atoms with E-state index in [9.17, 15) is 4.79 Å². The second-order valence-electron chi connectivity index (χ2n) is 2.60. The van der Waals surface area contributed by atoms with Gasteiger partial charge >= 0.3 is 0 Å². The zero-order chi connectivity index (χ0) is 10.2. The van der Waals surface area contributed by atoms with E-state index in [4.69, 9.17) is 9.15 Å². The monoisotopic (exact) mass is 192 g/mol. The van der Waals surface area contributed by atoms with Gasteiger partial charge in [-0.3, -0.25) is 4.79 Å². The molecule has 0 saturated carbocycles. The zero-order valence-corrected chi connectivity index (χ0v) is 7.81. The second-order valence-corrected chi connectivity index (χ2v) is 2.60. The van der Waals surface area contributed by atoms with Crippen molar-refractivity contribution in [1.82, 2.24) is 0 Å². The van der Waals surface area contributed by atoms with E-state index in [0.29, 0.717) is 25.3 Å². The van der Waals surface area contributed by atoms with Crippen molar-refractivity contribution in [3.8, 4) is 0 Å². The topological polar surface area (TPSA) is 39.4 Å². The van der Waals surface area contributed by atoms with Gasteiger partial charge in [0.05, 0.1) is 6.61 Å². The summed E-state index contributed by atoms with van der Waals surface area (Å²) >= 11 is 0. The standard InChI is InChI=1S/C11H12O3/c1-2-8-13-9-11-6-5-10(14-11)4-3-7-12/h2-7H,1,8-9H2/b4-3+. The summed E-state index contributed by atoms with van der Waals surface area (Å²) in [6.45, 7) is 4.45. The van der Waals surface area contributed by atoms with E-state index in [1.54, 1.807) is 18.2 Å². The van der Waals surface area contributed by atoms with Crippen molar-refractivity contribution in [3.05, 3.63) is 42.4 Å². The van der Waals surface area contributed by atoms with Crippen molar-refractivity contribution in [2.24, 2.45) is 0 Å². The molecule has 1 aromatic heterocycles. The first-order chi connectivity index (χ1) is 6.86. The summed E-state index contributed by atoms with van der Waals surface area (Å²) in [6.07, 6.45) is 5.36. The SMILES string of the molecule is C=CCOCc1ccc(/C=C/C=O)o1. The number of ether oxygens (including phenoxy) is 1. The van der Waals surface area contributed by atoms with Crippen LogP contribution in [0, 0.1) is 0 Å². The van der Waals surface area contributed by atoms with Crippen molar-refractivity contribution >= 4 is 12.4 Å². The van der Waals surface area contributed by atoms with Crippen LogP contribution in [0.15, 0.2) is 35.3 Å². The van der Waals surface area contributed by atoms with Gasteiger partial charge in [-0.2, -0.15) is 0 Å². The summed E-state index contributed by atoms with van der Waals surface area (Å²) in [7, 11) is 0. The molecular weight excluding hydrogens is 180 g/mol. The molecule has 0 unspecified atom stereocenters. The van der Waals surface area contributed by atoms with Crippen molar-refractivity contribution < 1.29 is 13.9 Å². The van der Waals surface area contributed by atoms with E-state index in [1.807, 2.05) is 6.07 Å². The molecule has 0 atom stereocenters. The summed E-state index contributed by atoms with van der Waals surface area (Å²) in [4.78, 5) is 10.0. The molecule has 0 aliphatic heterocycles. The molecule has 0 aliphatic carbocycles. The van der Waals surface area contributed by atoms with Crippen molar-refractivity contribution in [1.29, 1.82) is 0 Å². The number of carbonyl (C=O) groups is 1. The third-order valence-electron chi connectivity index (χ3n) is 1.50. The number of aldehydes is 1. The van der Waals surface area contributed by atoms with Crippen LogP contribution in [0.5, 0.6) is 0 Å². The molecule has 0 spiro atoms. The minimum Gasteiger partial charge on any atom is -0.459 e. The maximum Gasteiger partial charge on any atom is 0.142 e. The smallest absolute Gasteiger partial charge is 0.142 e. The fourth-order valence-corrected chi connectivity index (χ4v) is 0.939. The molecule has 3 heteroatoms. The van der Waals surface area contributed by atoms with Gasteiger partial charge in [0.2, 0.25) is 0 Å². The Kier molecular flexibility index (Phi) is 4.44. The Morgan fingerprint density at radius 3 is 3.07 bits per heavy atom. The lowest BCUT2D eigenvalue weighted by atomic mass is 10.4. The number of hydrogen-bond acceptors (Lipinski definition) is 3. The van der Waals surface area contributed by atoms with Gasteiger partial charge in [0, 0.05) is 0 Å². The molecule has 1 rings (SSSR count). The van der Waals surface area contributed by atoms with Gasteiger partial charge in [-0.15, -0.1) is 6.58 Å². The van der Waals surface area contributed by atoms with E-state index in [-0.39, 0.29) is 0 Å². The first kappa shape index (κ1) is 10.5. The Bertz CT molecular complexity index is 323. The van der Waals surface area contributed by atoms with E-state index < -0.39 is 0 Å². The molecule has 0 fully saturated rings. The Morgan fingerprint density at radius 1 is 1.50 bits per heavy atom. The second kappa shape index (κ2) is 5.94. The van der Waals surface area contributed by atoms with E-state index >= 15 is 0 Å². The molecule has 14 heavy (non-hydrogen) atoms. The third-order valence-corrected chi connectivity index (χ3v) is 1.50. The van der Waals surface area contributed by atoms with Crippen molar-refractivity contribution in [3.63, 3.8) is 0 Å². The number of allylic oxidation sites excluding steroid dienone is 1. The zero-order valence-electron chi connectivity index (χ0n) is 7.81. The van der Waals surface area contributed by atoms with Crippen LogP contribution in [0.4, 0.5) is 0 Å². The highest BCUT2D eigenvalue weighted by Crippen LogP contribution is 2.10. The van der Waals surface area contributed by atoms with Crippen LogP contribution in [0.3, 0.4) is 0 Å².